The van der Waals surface area contributed by atoms with Crippen LogP contribution in [0.25, 0.3) is 11.4 Å². The SMILES string of the molecule is Cc1ccc(-c2nc(C)c3c(n2)N(C[C@H]2CCCO2)C(=O)C3)cc1. The van der Waals surface area contributed by atoms with Crippen molar-refractivity contribution < 1.29 is 9.53 Å². The Kier molecular flexibility index (Phi) is 3.81. The van der Waals surface area contributed by atoms with Crippen LogP contribution in [-0.2, 0) is 16.0 Å². The fraction of sp³-hybridized carbons (Fsp3) is 0.421. The van der Waals surface area contributed by atoms with Crippen molar-refractivity contribution >= 4 is 11.7 Å². The minimum atomic E-state index is 0.0963. The van der Waals surface area contributed by atoms with E-state index in [9.17, 15) is 4.79 Å². The largest absolute Gasteiger partial charge is 0.376 e. The molecule has 2 aliphatic rings. The number of hydrogen-bond donors (Lipinski definition) is 0. The third-order valence-electron chi connectivity index (χ3n) is 4.80. The molecule has 0 unspecified atom stereocenters. The lowest BCUT2D eigenvalue weighted by molar-refractivity contribution is -0.117. The van der Waals surface area contributed by atoms with Gasteiger partial charge in [-0.2, -0.15) is 0 Å². The molecule has 1 aromatic heterocycles. The van der Waals surface area contributed by atoms with E-state index in [1.165, 1.54) is 5.56 Å². The highest BCUT2D eigenvalue weighted by Crippen LogP contribution is 2.32. The maximum Gasteiger partial charge on any atom is 0.232 e. The van der Waals surface area contributed by atoms with Crippen molar-refractivity contribution in [3.05, 3.63) is 41.1 Å². The van der Waals surface area contributed by atoms with Crippen LogP contribution < -0.4 is 4.90 Å². The first-order valence-corrected chi connectivity index (χ1v) is 8.48. The smallest absolute Gasteiger partial charge is 0.232 e. The van der Waals surface area contributed by atoms with Gasteiger partial charge in [-0.15, -0.1) is 0 Å². The van der Waals surface area contributed by atoms with Crippen LogP contribution >= 0.6 is 0 Å². The van der Waals surface area contributed by atoms with Crippen LogP contribution in [0.5, 0.6) is 0 Å². The molecule has 2 aliphatic heterocycles. The summed E-state index contributed by atoms with van der Waals surface area (Å²) >= 11 is 0. The van der Waals surface area contributed by atoms with Crippen LogP contribution in [-0.4, -0.2) is 35.1 Å². The number of amides is 1. The number of fused-ring (bicyclic) bond motifs is 1. The molecule has 3 heterocycles. The van der Waals surface area contributed by atoms with Gasteiger partial charge in [0, 0.05) is 23.4 Å². The highest BCUT2D eigenvalue weighted by atomic mass is 16.5. The van der Waals surface area contributed by atoms with E-state index in [-0.39, 0.29) is 12.0 Å². The van der Waals surface area contributed by atoms with Gasteiger partial charge in [-0.3, -0.25) is 9.69 Å². The van der Waals surface area contributed by atoms with Gasteiger partial charge in [0.2, 0.25) is 5.91 Å². The third-order valence-corrected chi connectivity index (χ3v) is 4.80. The van der Waals surface area contributed by atoms with E-state index in [0.717, 1.165) is 42.1 Å². The molecule has 5 nitrogen and oxygen atoms in total. The fourth-order valence-electron chi connectivity index (χ4n) is 3.39. The third kappa shape index (κ3) is 2.69. The number of benzene rings is 1. The summed E-state index contributed by atoms with van der Waals surface area (Å²) in [6.45, 7) is 5.40. The molecule has 124 valence electrons. The molecule has 0 spiro atoms. The van der Waals surface area contributed by atoms with E-state index in [0.29, 0.717) is 18.8 Å². The molecule has 1 atom stereocenters. The molecular formula is C19H21N3O2. The zero-order valence-electron chi connectivity index (χ0n) is 14.1. The predicted octanol–water partition coefficient (Wildman–Crippen LogP) is 2.83. The number of carbonyl (C=O) groups is 1. The quantitative estimate of drug-likeness (QED) is 0.871. The summed E-state index contributed by atoms with van der Waals surface area (Å²) in [4.78, 5) is 23.6. The number of anilines is 1. The van der Waals surface area contributed by atoms with Crippen molar-refractivity contribution in [2.75, 3.05) is 18.1 Å². The van der Waals surface area contributed by atoms with Gasteiger partial charge in [0.05, 0.1) is 19.1 Å². The average molecular weight is 323 g/mol. The Morgan fingerprint density at radius 3 is 2.71 bits per heavy atom. The maximum absolute atomic E-state index is 12.5. The molecule has 24 heavy (non-hydrogen) atoms. The van der Waals surface area contributed by atoms with Crippen LogP contribution in [0.1, 0.15) is 29.7 Å². The van der Waals surface area contributed by atoms with Gasteiger partial charge >= 0.3 is 0 Å². The molecule has 0 aliphatic carbocycles. The highest BCUT2D eigenvalue weighted by molar-refractivity contribution is 6.00. The normalized spacial score (nSPS) is 19.8. The van der Waals surface area contributed by atoms with E-state index < -0.39 is 0 Å². The molecule has 2 aromatic rings. The van der Waals surface area contributed by atoms with Crippen LogP contribution in [0.3, 0.4) is 0 Å². The van der Waals surface area contributed by atoms with Gasteiger partial charge < -0.3 is 4.74 Å². The lowest BCUT2D eigenvalue weighted by atomic mass is 10.1. The molecule has 1 amide bonds. The van der Waals surface area contributed by atoms with E-state index in [1.807, 2.05) is 19.1 Å². The average Bonchev–Trinajstić information content (AvgIpc) is 3.18. The molecule has 1 aromatic carbocycles. The lowest BCUT2D eigenvalue weighted by Gasteiger charge is -2.20. The summed E-state index contributed by atoms with van der Waals surface area (Å²) in [6, 6.07) is 8.16. The minimum Gasteiger partial charge on any atom is -0.376 e. The van der Waals surface area contributed by atoms with Crippen molar-refractivity contribution in [3.63, 3.8) is 0 Å². The summed E-state index contributed by atoms with van der Waals surface area (Å²) in [5.41, 5.74) is 4.02. The topological polar surface area (TPSA) is 55.3 Å². The second-order valence-corrected chi connectivity index (χ2v) is 6.62. The standard InChI is InChI=1S/C19H21N3O2/c1-12-5-7-14(8-6-12)18-20-13(2)16-10-17(23)22(19(16)21-18)11-15-4-3-9-24-15/h5-8,15H,3-4,9-11H2,1-2H3/t15-/m1/s1. The Morgan fingerprint density at radius 1 is 1.21 bits per heavy atom. The van der Waals surface area contributed by atoms with Crippen LogP contribution in [0.15, 0.2) is 24.3 Å². The number of carbonyl (C=O) groups excluding carboxylic acids is 1. The summed E-state index contributed by atoms with van der Waals surface area (Å²) in [6.07, 6.45) is 2.59. The first-order chi connectivity index (χ1) is 11.6. The predicted molar refractivity (Wildman–Crippen MR) is 92.0 cm³/mol. The summed E-state index contributed by atoms with van der Waals surface area (Å²) in [5, 5.41) is 0. The Labute approximate surface area is 141 Å². The fourth-order valence-corrected chi connectivity index (χ4v) is 3.39. The monoisotopic (exact) mass is 323 g/mol. The molecule has 0 N–H and O–H groups in total. The van der Waals surface area contributed by atoms with E-state index in [4.69, 9.17) is 9.72 Å². The molecule has 0 saturated carbocycles. The number of rotatable bonds is 3. The molecule has 5 heteroatoms. The van der Waals surface area contributed by atoms with Crippen molar-refractivity contribution in [2.45, 2.75) is 39.2 Å². The van der Waals surface area contributed by atoms with Gasteiger partial charge in [-0.05, 0) is 26.7 Å². The highest BCUT2D eigenvalue weighted by Gasteiger charge is 2.34. The Bertz CT molecular complexity index is 780. The zero-order valence-corrected chi connectivity index (χ0v) is 14.1. The first-order valence-electron chi connectivity index (χ1n) is 8.48. The summed E-state index contributed by atoms with van der Waals surface area (Å²) < 4.78 is 5.70. The number of ether oxygens (including phenoxy) is 1. The number of aryl methyl sites for hydroxylation is 2. The van der Waals surface area contributed by atoms with Crippen molar-refractivity contribution in [1.29, 1.82) is 0 Å². The number of aromatic nitrogens is 2. The van der Waals surface area contributed by atoms with Crippen molar-refractivity contribution in [2.24, 2.45) is 0 Å². The van der Waals surface area contributed by atoms with Crippen LogP contribution in [0.2, 0.25) is 0 Å². The van der Waals surface area contributed by atoms with Crippen LogP contribution in [0, 0.1) is 13.8 Å². The Hall–Kier alpha value is -2.27. The molecule has 1 saturated heterocycles. The maximum atomic E-state index is 12.5. The second-order valence-electron chi connectivity index (χ2n) is 6.62. The molecule has 0 radical (unpaired) electrons. The van der Waals surface area contributed by atoms with E-state index >= 15 is 0 Å². The molecule has 1 fully saturated rings. The first kappa shape index (κ1) is 15.3. The minimum absolute atomic E-state index is 0.0963. The molecule has 4 rings (SSSR count). The van der Waals surface area contributed by atoms with E-state index in [2.05, 4.69) is 24.0 Å². The van der Waals surface area contributed by atoms with Gasteiger partial charge in [0.25, 0.3) is 0 Å². The molecule has 0 bridgehead atoms. The lowest BCUT2D eigenvalue weighted by Crippen LogP contribution is -2.35. The Morgan fingerprint density at radius 2 is 2.00 bits per heavy atom. The van der Waals surface area contributed by atoms with Crippen LogP contribution in [0.4, 0.5) is 5.82 Å². The Balaban J connectivity index is 1.71. The van der Waals surface area contributed by atoms with Gasteiger partial charge in [0.1, 0.15) is 5.82 Å². The molecular weight excluding hydrogens is 302 g/mol. The zero-order chi connectivity index (χ0) is 16.7. The van der Waals surface area contributed by atoms with Gasteiger partial charge in [-0.1, -0.05) is 29.8 Å². The van der Waals surface area contributed by atoms with E-state index in [1.54, 1.807) is 4.90 Å². The summed E-state index contributed by atoms with van der Waals surface area (Å²) in [7, 11) is 0. The van der Waals surface area contributed by atoms with Gasteiger partial charge in [0.15, 0.2) is 5.82 Å². The number of hydrogen-bond acceptors (Lipinski definition) is 4. The van der Waals surface area contributed by atoms with Gasteiger partial charge in [-0.25, -0.2) is 9.97 Å². The van der Waals surface area contributed by atoms with Crippen molar-refractivity contribution in [1.82, 2.24) is 9.97 Å². The summed E-state index contributed by atoms with van der Waals surface area (Å²) in [5.74, 6) is 1.54. The van der Waals surface area contributed by atoms with Crippen molar-refractivity contribution in [3.8, 4) is 11.4 Å². The second kappa shape index (κ2) is 5.98. The number of nitrogens with zero attached hydrogens (tertiary/aromatic N) is 3.